The second-order valence-corrected chi connectivity index (χ2v) is 5.71. The predicted molar refractivity (Wildman–Crippen MR) is 82.5 cm³/mol. The van der Waals surface area contributed by atoms with Gasteiger partial charge in [0.25, 0.3) is 0 Å². The Bertz CT molecular complexity index is 444. The molecular formula is C17H25NO3. The molecule has 1 saturated heterocycles. The van der Waals surface area contributed by atoms with Crippen LogP contribution in [-0.4, -0.2) is 35.2 Å². The van der Waals surface area contributed by atoms with E-state index < -0.39 is 5.97 Å². The molecule has 1 aliphatic heterocycles. The Labute approximate surface area is 126 Å². The van der Waals surface area contributed by atoms with Crippen molar-refractivity contribution in [2.24, 2.45) is 0 Å². The Balaban J connectivity index is 1.93. The van der Waals surface area contributed by atoms with Crippen LogP contribution in [0.5, 0.6) is 5.75 Å². The van der Waals surface area contributed by atoms with Crippen LogP contribution in [0.1, 0.15) is 44.6 Å². The van der Waals surface area contributed by atoms with Crippen LogP contribution in [0.2, 0.25) is 0 Å². The van der Waals surface area contributed by atoms with Crippen LogP contribution in [0.4, 0.5) is 0 Å². The smallest absolute Gasteiger partial charge is 0.304 e. The fraction of sp³-hybridized carbons (Fsp3) is 0.588. The fourth-order valence-corrected chi connectivity index (χ4v) is 2.85. The molecule has 1 heterocycles. The highest BCUT2D eigenvalue weighted by Crippen LogP contribution is 2.23. The van der Waals surface area contributed by atoms with Gasteiger partial charge in [0.2, 0.25) is 0 Å². The summed E-state index contributed by atoms with van der Waals surface area (Å²) in [4.78, 5) is 13.3. The van der Waals surface area contributed by atoms with Crippen molar-refractivity contribution in [2.45, 2.75) is 51.6 Å². The molecule has 0 spiro atoms. The molecule has 0 radical (unpaired) electrons. The van der Waals surface area contributed by atoms with Gasteiger partial charge in [-0.3, -0.25) is 9.69 Å². The maximum Gasteiger partial charge on any atom is 0.304 e. The van der Waals surface area contributed by atoms with E-state index in [1.54, 1.807) is 0 Å². The quantitative estimate of drug-likeness (QED) is 0.837. The summed E-state index contributed by atoms with van der Waals surface area (Å²) in [5.74, 6) is 0.205. The second-order valence-electron chi connectivity index (χ2n) is 5.71. The van der Waals surface area contributed by atoms with Crippen LogP contribution in [0.15, 0.2) is 24.3 Å². The molecular weight excluding hydrogens is 266 g/mol. The minimum atomic E-state index is -0.699. The van der Waals surface area contributed by atoms with Gasteiger partial charge in [-0.1, -0.05) is 25.5 Å². The van der Waals surface area contributed by atoms with Crippen LogP contribution in [-0.2, 0) is 11.3 Å². The van der Waals surface area contributed by atoms with E-state index in [1.165, 1.54) is 5.56 Å². The summed E-state index contributed by atoms with van der Waals surface area (Å²) in [6.45, 7) is 4.65. The molecule has 21 heavy (non-hydrogen) atoms. The molecule has 4 heteroatoms. The van der Waals surface area contributed by atoms with E-state index in [2.05, 4.69) is 24.0 Å². The summed E-state index contributed by atoms with van der Waals surface area (Å²) in [5, 5.41) is 9.03. The van der Waals surface area contributed by atoms with Crippen molar-refractivity contribution >= 4 is 5.97 Å². The third kappa shape index (κ3) is 5.05. The Hall–Kier alpha value is -1.55. The van der Waals surface area contributed by atoms with Crippen LogP contribution in [0.3, 0.4) is 0 Å². The number of piperidine rings is 1. The fourth-order valence-electron chi connectivity index (χ4n) is 2.85. The van der Waals surface area contributed by atoms with Crippen molar-refractivity contribution in [1.29, 1.82) is 0 Å². The average Bonchev–Trinajstić information content (AvgIpc) is 2.48. The molecule has 1 atom stereocenters. The van der Waals surface area contributed by atoms with E-state index in [0.717, 1.165) is 51.1 Å². The first-order valence-corrected chi connectivity index (χ1v) is 7.86. The molecule has 4 nitrogen and oxygen atoms in total. The molecule has 1 aromatic rings. The number of carboxylic acids is 1. The number of carboxylic acid groups (broad SMARTS) is 1. The SMILES string of the molecule is CCCOc1ccc(CN2CCCCC2CC(=O)O)cc1. The number of hydrogen-bond acceptors (Lipinski definition) is 3. The lowest BCUT2D eigenvalue weighted by atomic mass is 9.98. The first kappa shape index (κ1) is 15.8. The molecule has 2 rings (SSSR count). The second kappa shape index (κ2) is 8.03. The van der Waals surface area contributed by atoms with Crippen molar-refractivity contribution in [3.05, 3.63) is 29.8 Å². The topological polar surface area (TPSA) is 49.8 Å². The highest BCUT2D eigenvalue weighted by Gasteiger charge is 2.24. The molecule has 0 bridgehead atoms. The maximum atomic E-state index is 11.0. The third-order valence-corrected chi connectivity index (χ3v) is 3.94. The molecule has 0 saturated carbocycles. The van der Waals surface area contributed by atoms with Crippen LogP contribution in [0.25, 0.3) is 0 Å². The highest BCUT2D eigenvalue weighted by atomic mass is 16.5. The Morgan fingerprint density at radius 2 is 2.10 bits per heavy atom. The lowest BCUT2D eigenvalue weighted by molar-refractivity contribution is -0.138. The summed E-state index contributed by atoms with van der Waals surface area (Å²) in [7, 11) is 0. The number of ether oxygens (including phenoxy) is 1. The Morgan fingerprint density at radius 3 is 2.76 bits per heavy atom. The Morgan fingerprint density at radius 1 is 1.33 bits per heavy atom. The molecule has 1 fully saturated rings. The first-order valence-electron chi connectivity index (χ1n) is 7.86. The largest absolute Gasteiger partial charge is 0.494 e. The van der Waals surface area contributed by atoms with Crippen molar-refractivity contribution in [2.75, 3.05) is 13.2 Å². The molecule has 1 unspecified atom stereocenters. The van der Waals surface area contributed by atoms with E-state index in [1.807, 2.05) is 12.1 Å². The van der Waals surface area contributed by atoms with E-state index in [4.69, 9.17) is 9.84 Å². The minimum absolute atomic E-state index is 0.173. The summed E-state index contributed by atoms with van der Waals surface area (Å²) in [5.41, 5.74) is 1.22. The number of carbonyl (C=O) groups is 1. The van der Waals surface area contributed by atoms with Crippen molar-refractivity contribution in [3.8, 4) is 5.75 Å². The Kier molecular flexibility index (Phi) is 6.05. The molecule has 1 aromatic carbocycles. The first-order chi connectivity index (χ1) is 10.2. The zero-order valence-electron chi connectivity index (χ0n) is 12.8. The van der Waals surface area contributed by atoms with E-state index in [0.29, 0.717) is 0 Å². The van der Waals surface area contributed by atoms with Crippen molar-refractivity contribution in [1.82, 2.24) is 4.90 Å². The number of likely N-dealkylation sites (tertiary alicyclic amines) is 1. The van der Waals surface area contributed by atoms with Gasteiger partial charge in [-0.05, 0) is 43.5 Å². The normalized spacial score (nSPS) is 19.4. The summed E-state index contributed by atoms with van der Waals surface area (Å²) in [6, 6.07) is 8.34. The van der Waals surface area contributed by atoms with Crippen molar-refractivity contribution in [3.63, 3.8) is 0 Å². The lowest BCUT2D eigenvalue weighted by Crippen LogP contribution is -2.40. The summed E-state index contributed by atoms with van der Waals surface area (Å²) in [6.07, 6.45) is 4.54. The minimum Gasteiger partial charge on any atom is -0.494 e. The van der Waals surface area contributed by atoms with Gasteiger partial charge in [0.1, 0.15) is 5.75 Å². The van der Waals surface area contributed by atoms with Gasteiger partial charge < -0.3 is 9.84 Å². The van der Waals surface area contributed by atoms with Gasteiger partial charge in [0.05, 0.1) is 13.0 Å². The third-order valence-electron chi connectivity index (χ3n) is 3.94. The molecule has 116 valence electrons. The van der Waals surface area contributed by atoms with Gasteiger partial charge in [0.15, 0.2) is 0 Å². The molecule has 1 N–H and O–H groups in total. The monoisotopic (exact) mass is 291 g/mol. The molecule has 0 aromatic heterocycles. The van der Waals surface area contributed by atoms with Gasteiger partial charge in [-0.15, -0.1) is 0 Å². The number of aliphatic carboxylic acids is 1. The zero-order chi connectivity index (χ0) is 15.1. The van der Waals surface area contributed by atoms with Gasteiger partial charge in [-0.2, -0.15) is 0 Å². The number of nitrogens with zero attached hydrogens (tertiary/aromatic N) is 1. The highest BCUT2D eigenvalue weighted by molar-refractivity contribution is 5.67. The van der Waals surface area contributed by atoms with E-state index in [-0.39, 0.29) is 12.5 Å². The van der Waals surface area contributed by atoms with Crippen LogP contribution < -0.4 is 4.74 Å². The van der Waals surface area contributed by atoms with Crippen molar-refractivity contribution < 1.29 is 14.6 Å². The van der Waals surface area contributed by atoms with Gasteiger partial charge in [0, 0.05) is 12.6 Å². The van der Waals surface area contributed by atoms with Gasteiger partial charge >= 0.3 is 5.97 Å². The van der Waals surface area contributed by atoms with E-state index >= 15 is 0 Å². The number of rotatable bonds is 7. The standard InChI is InChI=1S/C17H25NO3/c1-2-11-21-16-8-6-14(7-9-16)13-18-10-4-3-5-15(18)12-17(19)20/h6-9,15H,2-5,10-13H2,1H3,(H,19,20). The molecule has 0 aliphatic carbocycles. The average molecular weight is 291 g/mol. The maximum absolute atomic E-state index is 11.0. The lowest BCUT2D eigenvalue weighted by Gasteiger charge is -2.35. The molecule has 1 aliphatic rings. The van der Waals surface area contributed by atoms with E-state index in [9.17, 15) is 4.79 Å². The molecule has 0 amide bonds. The summed E-state index contributed by atoms with van der Waals surface area (Å²) < 4.78 is 5.58. The zero-order valence-corrected chi connectivity index (χ0v) is 12.8. The number of benzene rings is 1. The summed E-state index contributed by atoms with van der Waals surface area (Å²) >= 11 is 0. The predicted octanol–water partition coefficient (Wildman–Crippen LogP) is 3.30. The van der Waals surface area contributed by atoms with Gasteiger partial charge in [-0.25, -0.2) is 0 Å². The number of hydrogen-bond donors (Lipinski definition) is 1. The van der Waals surface area contributed by atoms with Crippen LogP contribution in [0, 0.1) is 0 Å². The van der Waals surface area contributed by atoms with Crippen LogP contribution >= 0.6 is 0 Å².